The lowest BCUT2D eigenvalue weighted by Gasteiger charge is -2.32. The number of methoxy groups -OCH3 is 3. The van der Waals surface area contributed by atoms with E-state index < -0.39 is 17.8 Å². The van der Waals surface area contributed by atoms with E-state index in [1.165, 1.54) is 21.3 Å². The summed E-state index contributed by atoms with van der Waals surface area (Å²) < 4.78 is 33.7. The van der Waals surface area contributed by atoms with Gasteiger partial charge in [0, 0.05) is 16.8 Å². The Bertz CT molecular complexity index is 1400. The number of benzene rings is 3. The van der Waals surface area contributed by atoms with Crippen molar-refractivity contribution in [3.05, 3.63) is 81.9 Å². The van der Waals surface area contributed by atoms with Gasteiger partial charge in [-0.1, -0.05) is 40.2 Å². The first kappa shape index (κ1) is 26.6. The van der Waals surface area contributed by atoms with Crippen LogP contribution in [0.1, 0.15) is 33.7 Å². The number of alkyl halides is 1. The molecule has 3 aromatic rings. The van der Waals surface area contributed by atoms with Crippen LogP contribution >= 0.6 is 15.9 Å². The first-order valence-corrected chi connectivity index (χ1v) is 13.3. The van der Waals surface area contributed by atoms with Crippen LogP contribution in [0.15, 0.2) is 54.1 Å². The van der Waals surface area contributed by atoms with Crippen LogP contribution in [0.4, 0.5) is 0 Å². The van der Waals surface area contributed by atoms with Crippen molar-refractivity contribution in [2.24, 2.45) is 5.92 Å². The van der Waals surface area contributed by atoms with E-state index in [4.69, 9.17) is 28.4 Å². The van der Waals surface area contributed by atoms with Crippen LogP contribution < -0.4 is 23.7 Å². The number of hydrogen-bond donors (Lipinski definition) is 0. The zero-order valence-corrected chi connectivity index (χ0v) is 23.3. The molecule has 0 radical (unpaired) electrons. The largest absolute Gasteiger partial charge is 0.493 e. The highest BCUT2D eigenvalue weighted by atomic mass is 79.9. The van der Waals surface area contributed by atoms with Crippen molar-refractivity contribution in [2.45, 2.75) is 17.9 Å². The van der Waals surface area contributed by atoms with Crippen LogP contribution in [-0.4, -0.2) is 40.4 Å². The van der Waals surface area contributed by atoms with Crippen molar-refractivity contribution in [1.29, 1.82) is 0 Å². The number of esters is 1. The molecule has 1 aliphatic carbocycles. The lowest BCUT2D eigenvalue weighted by Crippen LogP contribution is -2.30. The molecule has 0 saturated carbocycles. The van der Waals surface area contributed by atoms with Crippen molar-refractivity contribution >= 4 is 34.3 Å². The van der Waals surface area contributed by atoms with Gasteiger partial charge in [0.05, 0.1) is 27.2 Å². The van der Waals surface area contributed by atoms with E-state index in [-0.39, 0.29) is 13.4 Å². The van der Waals surface area contributed by atoms with Gasteiger partial charge < -0.3 is 28.4 Å². The lowest BCUT2D eigenvalue weighted by molar-refractivity contribution is -0.149. The molecule has 0 amide bonds. The summed E-state index contributed by atoms with van der Waals surface area (Å²) in [6.07, 6.45) is 2.41. The fraction of sp³-hybridized carbons (Fsp3) is 0.267. The first-order valence-electron chi connectivity index (χ1n) is 12.2. The van der Waals surface area contributed by atoms with Crippen LogP contribution in [0.5, 0.6) is 28.7 Å². The molecule has 0 bridgehead atoms. The Morgan fingerprint density at radius 3 is 2.18 bits per heavy atom. The van der Waals surface area contributed by atoms with E-state index in [0.717, 1.165) is 27.6 Å². The van der Waals surface area contributed by atoms with E-state index in [9.17, 15) is 9.59 Å². The second-order valence-electron chi connectivity index (χ2n) is 9.07. The Morgan fingerprint density at radius 2 is 1.59 bits per heavy atom. The van der Waals surface area contributed by atoms with Gasteiger partial charge >= 0.3 is 5.97 Å². The Kier molecular flexibility index (Phi) is 7.79. The topological polar surface area (TPSA) is 89.5 Å². The average Bonchev–Trinajstić information content (AvgIpc) is 3.44. The maximum atomic E-state index is 13.8. The third-order valence-corrected chi connectivity index (χ3v) is 7.57. The summed E-state index contributed by atoms with van der Waals surface area (Å²) in [5.74, 6) is 0.338. The van der Waals surface area contributed by atoms with E-state index >= 15 is 0 Å². The standard InChI is InChI=1S/C30H27BrO8/c1-34-25-10-20(11-26(35-2)29(25)36-3)27-22-12-24-23(38-16-39-24)9-19(22)8-21(14-32)28(27)30(33)37-15-18-6-4-17(13-31)5-7-18/h4-12,14,27-28H,13,15-16H2,1-3H3/t27-,28-/m1/s1. The second-order valence-corrected chi connectivity index (χ2v) is 9.63. The monoisotopic (exact) mass is 594 g/mol. The molecule has 8 nitrogen and oxygen atoms in total. The molecular weight excluding hydrogens is 568 g/mol. The minimum absolute atomic E-state index is 0.0695. The van der Waals surface area contributed by atoms with Crippen molar-refractivity contribution < 1.29 is 38.0 Å². The number of ether oxygens (including phenoxy) is 6. The number of aldehydes is 1. The third kappa shape index (κ3) is 5.06. The summed E-state index contributed by atoms with van der Waals surface area (Å²) in [7, 11) is 4.57. The van der Waals surface area contributed by atoms with Gasteiger partial charge in [-0.05, 0) is 58.2 Å². The van der Waals surface area contributed by atoms with Crippen LogP contribution in [0.2, 0.25) is 0 Å². The number of halogens is 1. The molecule has 0 saturated heterocycles. The summed E-state index contributed by atoms with van der Waals surface area (Å²) in [5.41, 5.74) is 4.45. The zero-order chi connectivity index (χ0) is 27.5. The molecule has 0 N–H and O–H groups in total. The Hall–Kier alpha value is -3.98. The minimum Gasteiger partial charge on any atom is -0.493 e. The van der Waals surface area contributed by atoms with E-state index in [1.54, 1.807) is 18.2 Å². The highest BCUT2D eigenvalue weighted by Gasteiger charge is 2.41. The molecule has 1 heterocycles. The van der Waals surface area contributed by atoms with Crippen molar-refractivity contribution in [3.8, 4) is 28.7 Å². The smallest absolute Gasteiger partial charge is 0.314 e. The van der Waals surface area contributed by atoms with Crippen molar-refractivity contribution in [1.82, 2.24) is 0 Å². The summed E-state index contributed by atoms with van der Waals surface area (Å²) in [6.45, 7) is 0.163. The van der Waals surface area contributed by atoms with Gasteiger partial charge in [-0.25, -0.2) is 0 Å². The SMILES string of the molecule is COc1cc([C@@H]2c3cc4c(cc3C=C(C=O)[C@H]2C(=O)OCc2ccc(CBr)cc2)OCO4)cc(OC)c1OC. The van der Waals surface area contributed by atoms with Gasteiger partial charge in [0.2, 0.25) is 12.5 Å². The van der Waals surface area contributed by atoms with E-state index in [2.05, 4.69) is 15.9 Å². The molecule has 5 rings (SSSR count). The number of hydrogen-bond acceptors (Lipinski definition) is 8. The van der Waals surface area contributed by atoms with Crippen LogP contribution in [-0.2, 0) is 26.3 Å². The number of carbonyl (C=O) groups is 2. The van der Waals surface area contributed by atoms with Gasteiger partial charge in [0.1, 0.15) is 12.9 Å². The average molecular weight is 595 g/mol. The fourth-order valence-corrected chi connectivity index (χ4v) is 5.38. The number of fused-ring (bicyclic) bond motifs is 2. The maximum Gasteiger partial charge on any atom is 0.314 e. The molecule has 39 heavy (non-hydrogen) atoms. The molecule has 9 heteroatoms. The summed E-state index contributed by atoms with van der Waals surface area (Å²) in [6, 6.07) is 15.0. The third-order valence-electron chi connectivity index (χ3n) is 6.92. The predicted octanol–water partition coefficient (Wildman–Crippen LogP) is 5.42. The Morgan fingerprint density at radius 1 is 0.949 bits per heavy atom. The van der Waals surface area contributed by atoms with Crippen LogP contribution in [0.3, 0.4) is 0 Å². The molecule has 0 fully saturated rings. The highest BCUT2D eigenvalue weighted by molar-refractivity contribution is 9.08. The molecule has 1 aliphatic heterocycles. The van der Waals surface area contributed by atoms with Gasteiger partial charge in [-0.3, -0.25) is 9.59 Å². The highest BCUT2D eigenvalue weighted by Crippen LogP contribution is 2.50. The molecule has 2 atom stereocenters. The van der Waals surface area contributed by atoms with Gasteiger partial charge in [-0.15, -0.1) is 0 Å². The molecule has 0 aromatic heterocycles. The van der Waals surface area contributed by atoms with Crippen LogP contribution in [0.25, 0.3) is 6.08 Å². The predicted molar refractivity (Wildman–Crippen MR) is 147 cm³/mol. The van der Waals surface area contributed by atoms with Gasteiger partial charge in [0.25, 0.3) is 0 Å². The summed E-state index contributed by atoms with van der Waals surface area (Å²) in [5, 5.41) is 0.733. The summed E-state index contributed by atoms with van der Waals surface area (Å²) in [4.78, 5) is 26.1. The first-order chi connectivity index (χ1) is 19.0. The van der Waals surface area contributed by atoms with Gasteiger partial charge in [-0.2, -0.15) is 0 Å². The molecule has 2 aliphatic rings. The molecular formula is C30H27BrO8. The fourth-order valence-electron chi connectivity index (χ4n) is 5.01. The Labute approximate surface area is 234 Å². The number of rotatable bonds is 9. The number of carbonyl (C=O) groups excluding carboxylic acids is 2. The molecule has 3 aromatic carbocycles. The minimum atomic E-state index is -0.931. The molecule has 0 unspecified atom stereocenters. The van der Waals surface area contributed by atoms with E-state index in [1.807, 2.05) is 36.4 Å². The van der Waals surface area contributed by atoms with Crippen molar-refractivity contribution in [2.75, 3.05) is 28.1 Å². The quantitative estimate of drug-likeness (QED) is 0.184. The normalized spacial score (nSPS) is 17.1. The van der Waals surface area contributed by atoms with Gasteiger partial charge in [0.15, 0.2) is 23.0 Å². The molecule has 202 valence electrons. The second kappa shape index (κ2) is 11.4. The van der Waals surface area contributed by atoms with E-state index in [0.29, 0.717) is 46.2 Å². The lowest BCUT2D eigenvalue weighted by atomic mass is 9.71. The maximum absolute atomic E-state index is 13.8. The Balaban J connectivity index is 1.60. The summed E-state index contributed by atoms with van der Waals surface area (Å²) >= 11 is 3.43. The van der Waals surface area contributed by atoms with Crippen LogP contribution in [0, 0.1) is 5.92 Å². The van der Waals surface area contributed by atoms with Crippen molar-refractivity contribution in [3.63, 3.8) is 0 Å². The zero-order valence-electron chi connectivity index (χ0n) is 21.7. The molecule has 0 spiro atoms.